The summed E-state index contributed by atoms with van der Waals surface area (Å²) in [6, 6.07) is 0. The Bertz CT molecular complexity index is 228. The monoisotopic (exact) mass is 238 g/mol. The van der Waals surface area contributed by atoms with Crippen molar-refractivity contribution in [1.29, 1.82) is 0 Å². The Kier molecular flexibility index (Phi) is 10.9. The SMILES string of the molecule is C#CCC(CCCCCC)C(=O)OCCCC. The lowest BCUT2D eigenvalue weighted by atomic mass is 9.98. The normalized spacial score (nSPS) is 11.8. The van der Waals surface area contributed by atoms with E-state index in [1.54, 1.807) is 0 Å². The number of ether oxygens (including phenoxy) is 1. The molecule has 0 aliphatic heterocycles. The van der Waals surface area contributed by atoms with E-state index < -0.39 is 0 Å². The van der Waals surface area contributed by atoms with E-state index in [1.807, 2.05) is 0 Å². The summed E-state index contributed by atoms with van der Waals surface area (Å²) < 4.78 is 5.22. The van der Waals surface area contributed by atoms with Crippen LogP contribution >= 0.6 is 0 Å². The molecule has 0 bridgehead atoms. The van der Waals surface area contributed by atoms with Gasteiger partial charge in [-0.15, -0.1) is 12.3 Å². The maximum atomic E-state index is 11.8. The van der Waals surface area contributed by atoms with Crippen LogP contribution in [0.2, 0.25) is 0 Å². The molecule has 0 heterocycles. The van der Waals surface area contributed by atoms with Crippen molar-refractivity contribution in [2.45, 2.75) is 65.2 Å². The van der Waals surface area contributed by atoms with Gasteiger partial charge in [-0.25, -0.2) is 0 Å². The predicted octanol–water partition coefficient (Wildman–Crippen LogP) is 3.94. The molecule has 0 saturated heterocycles. The van der Waals surface area contributed by atoms with Crippen molar-refractivity contribution in [1.82, 2.24) is 0 Å². The fraction of sp³-hybridized carbons (Fsp3) is 0.800. The Hall–Kier alpha value is -0.970. The standard InChI is InChI=1S/C15H26O2/c1-4-7-9-10-12-14(11-6-3)15(16)17-13-8-5-2/h3,14H,4-5,7-13H2,1-2H3. The first kappa shape index (κ1) is 16.0. The Morgan fingerprint density at radius 2 is 1.88 bits per heavy atom. The van der Waals surface area contributed by atoms with Gasteiger partial charge in [0.25, 0.3) is 0 Å². The summed E-state index contributed by atoms with van der Waals surface area (Å²) >= 11 is 0. The molecule has 0 aliphatic carbocycles. The second kappa shape index (κ2) is 11.5. The molecule has 0 aromatic heterocycles. The van der Waals surface area contributed by atoms with Crippen LogP contribution in [0.4, 0.5) is 0 Å². The second-order valence-corrected chi connectivity index (χ2v) is 4.48. The van der Waals surface area contributed by atoms with Gasteiger partial charge in [0.15, 0.2) is 0 Å². The zero-order valence-electron chi connectivity index (χ0n) is 11.3. The Morgan fingerprint density at radius 1 is 1.18 bits per heavy atom. The Morgan fingerprint density at radius 3 is 2.47 bits per heavy atom. The zero-order valence-corrected chi connectivity index (χ0v) is 11.3. The fourth-order valence-corrected chi connectivity index (χ4v) is 1.70. The van der Waals surface area contributed by atoms with Crippen LogP contribution in [0.15, 0.2) is 0 Å². The molecule has 2 nitrogen and oxygen atoms in total. The van der Waals surface area contributed by atoms with Crippen LogP contribution in [0.3, 0.4) is 0 Å². The predicted molar refractivity (Wildman–Crippen MR) is 71.6 cm³/mol. The number of carbonyl (C=O) groups is 1. The summed E-state index contributed by atoms with van der Waals surface area (Å²) in [4.78, 5) is 11.8. The average molecular weight is 238 g/mol. The van der Waals surface area contributed by atoms with E-state index in [9.17, 15) is 4.79 Å². The number of esters is 1. The molecular formula is C15H26O2. The van der Waals surface area contributed by atoms with Crippen LogP contribution in [-0.2, 0) is 9.53 Å². The number of hydrogen-bond donors (Lipinski definition) is 0. The van der Waals surface area contributed by atoms with Crippen LogP contribution in [0, 0.1) is 18.3 Å². The van der Waals surface area contributed by atoms with Gasteiger partial charge in [-0.3, -0.25) is 4.79 Å². The minimum Gasteiger partial charge on any atom is -0.465 e. The van der Waals surface area contributed by atoms with E-state index in [1.165, 1.54) is 19.3 Å². The van der Waals surface area contributed by atoms with Crippen molar-refractivity contribution in [3.63, 3.8) is 0 Å². The van der Waals surface area contributed by atoms with Gasteiger partial charge in [0.2, 0.25) is 0 Å². The number of hydrogen-bond acceptors (Lipinski definition) is 2. The summed E-state index contributed by atoms with van der Waals surface area (Å²) in [5, 5.41) is 0. The molecule has 0 aromatic carbocycles. The van der Waals surface area contributed by atoms with Crippen LogP contribution < -0.4 is 0 Å². The number of carbonyl (C=O) groups excluding carboxylic acids is 1. The third kappa shape index (κ3) is 8.80. The van der Waals surface area contributed by atoms with E-state index in [0.29, 0.717) is 13.0 Å². The quantitative estimate of drug-likeness (QED) is 0.327. The molecule has 1 atom stereocenters. The maximum Gasteiger partial charge on any atom is 0.309 e. The van der Waals surface area contributed by atoms with Crippen molar-refractivity contribution >= 4 is 5.97 Å². The molecule has 0 aromatic rings. The highest BCUT2D eigenvalue weighted by Crippen LogP contribution is 2.16. The van der Waals surface area contributed by atoms with Crippen molar-refractivity contribution in [3.05, 3.63) is 0 Å². The lowest BCUT2D eigenvalue weighted by molar-refractivity contribution is -0.148. The third-order valence-corrected chi connectivity index (χ3v) is 2.85. The lowest BCUT2D eigenvalue weighted by Gasteiger charge is -2.13. The number of unbranched alkanes of at least 4 members (excludes halogenated alkanes) is 4. The van der Waals surface area contributed by atoms with E-state index in [-0.39, 0.29) is 11.9 Å². The molecular weight excluding hydrogens is 212 g/mol. The lowest BCUT2D eigenvalue weighted by Crippen LogP contribution is -2.18. The van der Waals surface area contributed by atoms with Crippen LogP contribution in [0.5, 0.6) is 0 Å². The largest absolute Gasteiger partial charge is 0.465 e. The molecule has 0 fully saturated rings. The molecule has 0 aliphatic rings. The molecule has 17 heavy (non-hydrogen) atoms. The molecule has 0 amide bonds. The first-order chi connectivity index (χ1) is 8.26. The highest BCUT2D eigenvalue weighted by atomic mass is 16.5. The van der Waals surface area contributed by atoms with Crippen LogP contribution in [-0.4, -0.2) is 12.6 Å². The molecule has 98 valence electrons. The minimum atomic E-state index is -0.104. The second-order valence-electron chi connectivity index (χ2n) is 4.48. The highest BCUT2D eigenvalue weighted by Gasteiger charge is 2.18. The molecule has 0 saturated carbocycles. The Balaban J connectivity index is 3.86. The van der Waals surface area contributed by atoms with Crippen LogP contribution in [0.25, 0.3) is 0 Å². The average Bonchev–Trinajstić information content (AvgIpc) is 2.33. The summed E-state index contributed by atoms with van der Waals surface area (Å²) in [6.45, 7) is 4.79. The minimum absolute atomic E-state index is 0.0892. The van der Waals surface area contributed by atoms with Crippen molar-refractivity contribution in [2.24, 2.45) is 5.92 Å². The highest BCUT2D eigenvalue weighted by molar-refractivity contribution is 5.72. The molecule has 0 N–H and O–H groups in total. The molecule has 0 rings (SSSR count). The summed E-state index contributed by atoms with van der Waals surface area (Å²) in [6.07, 6.45) is 13.3. The van der Waals surface area contributed by atoms with Gasteiger partial charge in [0.05, 0.1) is 12.5 Å². The van der Waals surface area contributed by atoms with Crippen molar-refractivity contribution in [2.75, 3.05) is 6.61 Å². The van der Waals surface area contributed by atoms with Crippen molar-refractivity contribution in [3.8, 4) is 12.3 Å². The maximum absolute atomic E-state index is 11.8. The van der Waals surface area contributed by atoms with Crippen LogP contribution in [0.1, 0.15) is 65.2 Å². The third-order valence-electron chi connectivity index (χ3n) is 2.85. The first-order valence-electron chi connectivity index (χ1n) is 6.86. The van der Waals surface area contributed by atoms with Gasteiger partial charge in [-0.2, -0.15) is 0 Å². The van der Waals surface area contributed by atoms with E-state index in [2.05, 4.69) is 19.8 Å². The number of terminal acetylenes is 1. The summed E-state index contributed by atoms with van der Waals surface area (Å²) in [5.74, 6) is 2.39. The fourth-order valence-electron chi connectivity index (χ4n) is 1.70. The number of rotatable bonds is 10. The van der Waals surface area contributed by atoms with Gasteiger partial charge in [0.1, 0.15) is 0 Å². The van der Waals surface area contributed by atoms with Crippen molar-refractivity contribution < 1.29 is 9.53 Å². The molecule has 0 radical (unpaired) electrons. The van der Waals surface area contributed by atoms with Gasteiger partial charge in [-0.1, -0.05) is 46.0 Å². The molecule has 1 unspecified atom stereocenters. The Labute approximate surface area is 106 Å². The smallest absolute Gasteiger partial charge is 0.309 e. The van der Waals surface area contributed by atoms with Gasteiger partial charge < -0.3 is 4.74 Å². The zero-order chi connectivity index (χ0) is 12.9. The van der Waals surface area contributed by atoms with E-state index in [0.717, 1.165) is 25.7 Å². The van der Waals surface area contributed by atoms with Gasteiger partial charge in [0, 0.05) is 6.42 Å². The molecule has 0 spiro atoms. The van der Waals surface area contributed by atoms with Gasteiger partial charge in [-0.05, 0) is 12.8 Å². The first-order valence-corrected chi connectivity index (χ1v) is 6.86. The van der Waals surface area contributed by atoms with E-state index >= 15 is 0 Å². The van der Waals surface area contributed by atoms with E-state index in [4.69, 9.17) is 11.2 Å². The van der Waals surface area contributed by atoms with Gasteiger partial charge >= 0.3 is 5.97 Å². The summed E-state index contributed by atoms with van der Waals surface area (Å²) in [5.41, 5.74) is 0. The summed E-state index contributed by atoms with van der Waals surface area (Å²) in [7, 11) is 0. The topological polar surface area (TPSA) is 26.3 Å². The molecule has 2 heteroatoms.